The predicted molar refractivity (Wildman–Crippen MR) is 164 cm³/mol. The second-order valence-corrected chi connectivity index (χ2v) is 10.5. The van der Waals surface area contributed by atoms with E-state index in [-0.39, 0.29) is 18.1 Å². The monoisotopic (exact) mass is 597 g/mol. The maximum Gasteiger partial charge on any atom is 0.406 e. The fourth-order valence-corrected chi connectivity index (χ4v) is 5.29. The molecule has 0 bridgehead atoms. The molecule has 3 aromatic rings. The molecular weight excluding hydrogens is 559 g/mol. The Hall–Kier alpha value is -4.01. The maximum atomic E-state index is 13.6. The topological polar surface area (TPSA) is 80.1 Å². The third-order valence-electron chi connectivity index (χ3n) is 7.62. The molecule has 2 aromatic carbocycles. The Balaban J connectivity index is 1.56. The van der Waals surface area contributed by atoms with Crippen LogP contribution in [0, 0.1) is 11.8 Å². The Labute approximate surface area is 250 Å². The molecule has 1 aliphatic rings. The van der Waals surface area contributed by atoms with Gasteiger partial charge in [0.1, 0.15) is 12.3 Å². The first kappa shape index (κ1) is 31.9. The molecule has 1 heterocycles. The standard InChI is InChI=1S/C32H38F3N5O3/c1-36-31(41)22-10-15-28(30(19-22)43-4)37-16-6-7-25-20-26-27(8-5-9-29(26)40(25)21-32(33,34)35)38-23-11-13-24(14-12-23)39(2)17-18-42-3/h5,8-10,15,19-20,24,37H,11-14,16-18,21H2,1-4H3,(H,36,41). The molecule has 8 nitrogen and oxygen atoms in total. The molecule has 0 spiro atoms. The fourth-order valence-electron chi connectivity index (χ4n) is 5.29. The number of amides is 1. The van der Waals surface area contributed by atoms with Crippen LogP contribution in [0.15, 0.2) is 47.5 Å². The molecular formula is C32H38F3N5O3. The Morgan fingerprint density at radius 2 is 1.93 bits per heavy atom. The van der Waals surface area contributed by atoms with Gasteiger partial charge < -0.3 is 29.6 Å². The van der Waals surface area contributed by atoms with Gasteiger partial charge in [0.2, 0.25) is 0 Å². The van der Waals surface area contributed by atoms with Crippen LogP contribution in [0.5, 0.6) is 5.75 Å². The van der Waals surface area contributed by atoms with Crippen molar-refractivity contribution < 1.29 is 27.4 Å². The number of aliphatic imine (C=N–C) groups is 1. The number of ether oxygens (including phenoxy) is 2. The Kier molecular flexibility index (Phi) is 10.7. The summed E-state index contributed by atoms with van der Waals surface area (Å²) in [6, 6.07) is 12.4. The number of fused-ring (bicyclic) bond motifs is 1. The van der Waals surface area contributed by atoms with Gasteiger partial charge in [-0.05, 0) is 75.0 Å². The van der Waals surface area contributed by atoms with Crippen LogP contribution in [-0.2, 0) is 11.3 Å². The number of carbonyl (C=O) groups excluding carboxylic acids is 1. The number of methoxy groups -OCH3 is 2. The van der Waals surface area contributed by atoms with Gasteiger partial charge in [-0.3, -0.25) is 9.79 Å². The van der Waals surface area contributed by atoms with Crippen molar-refractivity contribution in [3.63, 3.8) is 0 Å². The number of aromatic nitrogens is 1. The van der Waals surface area contributed by atoms with E-state index >= 15 is 0 Å². The number of nitrogens with one attached hydrogen (secondary N) is 2. The zero-order valence-corrected chi connectivity index (χ0v) is 25.0. The minimum Gasteiger partial charge on any atom is -0.495 e. The molecule has 1 fully saturated rings. The first-order valence-corrected chi connectivity index (χ1v) is 14.2. The van der Waals surface area contributed by atoms with Crippen molar-refractivity contribution in [3.8, 4) is 17.6 Å². The molecule has 1 saturated carbocycles. The smallest absolute Gasteiger partial charge is 0.406 e. The van der Waals surface area contributed by atoms with Gasteiger partial charge in [0.05, 0.1) is 42.8 Å². The number of rotatable bonds is 10. The molecule has 1 aromatic heterocycles. The van der Waals surface area contributed by atoms with E-state index in [1.807, 2.05) is 6.07 Å². The average Bonchev–Trinajstić information content (AvgIpc) is 3.34. The maximum absolute atomic E-state index is 13.6. The van der Waals surface area contributed by atoms with Crippen molar-refractivity contribution in [2.45, 2.75) is 44.4 Å². The van der Waals surface area contributed by atoms with Crippen molar-refractivity contribution in [3.05, 3.63) is 53.7 Å². The molecule has 4 rings (SSSR count). The van der Waals surface area contributed by atoms with Crippen molar-refractivity contribution >= 4 is 33.9 Å². The average molecular weight is 598 g/mol. The van der Waals surface area contributed by atoms with E-state index in [1.165, 1.54) is 11.7 Å². The summed E-state index contributed by atoms with van der Waals surface area (Å²) in [4.78, 5) is 19.1. The second-order valence-electron chi connectivity index (χ2n) is 10.5. The highest BCUT2D eigenvalue weighted by Gasteiger charge is 2.30. The van der Waals surface area contributed by atoms with Crippen LogP contribution in [0.3, 0.4) is 0 Å². The Morgan fingerprint density at radius 3 is 2.60 bits per heavy atom. The zero-order chi connectivity index (χ0) is 31.0. The molecule has 2 N–H and O–H groups in total. The summed E-state index contributed by atoms with van der Waals surface area (Å²) in [6.07, 6.45) is -0.781. The van der Waals surface area contributed by atoms with Crippen molar-refractivity contribution in [2.24, 2.45) is 4.99 Å². The van der Waals surface area contributed by atoms with Gasteiger partial charge in [0, 0.05) is 43.4 Å². The molecule has 0 aliphatic heterocycles. The van der Waals surface area contributed by atoms with E-state index in [0.29, 0.717) is 46.2 Å². The van der Waals surface area contributed by atoms with Crippen LogP contribution in [0.2, 0.25) is 0 Å². The lowest BCUT2D eigenvalue weighted by Crippen LogP contribution is -2.37. The third kappa shape index (κ3) is 8.30. The van der Waals surface area contributed by atoms with E-state index in [2.05, 4.69) is 34.4 Å². The van der Waals surface area contributed by atoms with Crippen LogP contribution in [-0.4, -0.2) is 81.3 Å². The summed E-state index contributed by atoms with van der Waals surface area (Å²) >= 11 is 0. The summed E-state index contributed by atoms with van der Waals surface area (Å²) in [5, 5.41) is 6.32. The van der Waals surface area contributed by atoms with E-state index in [0.717, 1.165) is 37.9 Å². The summed E-state index contributed by atoms with van der Waals surface area (Å²) in [7, 11) is 6.83. The quantitative estimate of drug-likeness (QED) is 0.296. The number of halogens is 3. The minimum absolute atomic E-state index is 0.151. The fraction of sp³-hybridized carbons (Fsp3) is 0.438. The normalized spacial score (nSPS) is 15.3. The third-order valence-corrected chi connectivity index (χ3v) is 7.62. The SMILES string of the molecule is CNC(=O)c1ccc(NCC#Cc2cc3c(N=C4CCC(N(C)CCOC)CC4)cccc3n2CC(F)(F)F)c(OC)c1. The van der Waals surface area contributed by atoms with Gasteiger partial charge in [-0.15, -0.1) is 0 Å². The number of hydrogen-bond acceptors (Lipinski definition) is 6. The summed E-state index contributed by atoms with van der Waals surface area (Å²) < 4.78 is 52.6. The van der Waals surface area contributed by atoms with Crippen LogP contribution in [0.1, 0.15) is 41.7 Å². The summed E-state index contributed by atoms with van der Waals surface area (Å²) in [6.45, 7) is 0.555. The number of likely N-dealkylation sites (N-methyl/N-ethyl adjacent to an activating group) is 1. The summed E-state index contributed by atoms with van der Waals surface area (Å²) in [5.74, 6) is 6.06. The highest BCUT2D eigenvalue weighted by atomic mass is 19.4. The van der Waals surface area contributed by atoms with Gasteiger partial charge in [-0.1, -0.05) is 12.0 Å². The van der Waals surface area contributed by atoms with E-state index in [9.17, 15) is 18.0 Å². The number of alkyl halides is 3. The first-order valence-electron chi connectivity index (χ1n) is 14.2. The largest absolute Gasteiger partial charge is 0.495 e. The first-order chi connectivity index (χ1) is 20.6. The number of hydrogen-bond donors (Lipinski definition) is 2. The molecule has 1 amide bonds. The number of nitrogens with zero attached hydrogens (tertiary/aromatic N) is 3. The van der Waals surface area contributed by atoms with Crippen molar-refractivity contribution in [2.75, 3.05) is 53.3 Å². The van der Waals surface area contributed by atoms with E-state index in [4.69, 9.17) is 14.5 Å². The Bertz CT molecular complexity index is 1510. The van der Waals surface area contributed by atoms with Crippen molar-refractivity contribution in [1.29, 1.82) is 0 Å². The lowest BCUT2D eigenvalue weighted by atomic mass is 9.92. The van der Waals surface area contributed by atoms with Crippen LogP contribution in [0.4, 0.5) is 24.5 Å². The molecule has 0 unspecified atom stereocenters. The molecule has 0 atom stereocenters. The number of benzene rings is 2. The summed E-state index contributed by atoms with van der Waals surface area (Å²) in [5.41, 5.74) is 3.46. The second kappa shape index (κ2) is 14.4. The van der Waals surface area contributed by atoms with Crippen LogP contribution >= 0.6 is 0 Å². The van der Waals surface area contributed by atoms with Gasteiger partial charge in [-0.25, -0.2) is 0 Å². The van der Waals surface area contributed by atoms with E-state index < -0.39 is 12.7 Å². The van der Waals surface area contributed by atoms with Gasteiger partial charge in [-0.2, -0.15) is 13.2 Å². The molecule has 230 valence electrons. The minimum atomic E-state index is -4.42. The predicted octanol–water partition coefficient (Wildman–Crippen LogP) is 5.63. The van der Waals surface area contributed by atoms with E-state index in [1.54, 1.807) is 50.6 Å². The highest BCUT2D eigenvalue weighted by molar-refractivity contribution is 5.97. The van der Waals surface area contributed by atoms with Gasteiger partial charge in [0.15, 0.2) is 0 Å². The Morgan fingerprint density at radius 1 is 1.16 bits per heavy atom. The number of anilines is 1. The van der Waals surface area contributed by atoms with Gasteiger partial charge in [0.25, 0.3) is 5.91 Å². The van der Waals surface area contributed by atoms with Gasteiger partial charge >= 0.3 is 6.18 Å². The van der Waals surface area contributed by atoms with Crippen LogP contribution < -0.4 is 15.4 Å². The zero-order valence-electron chi connectivity index (χ0n) is 25.0. The van der Waals surface area contributed by atoms with Crippen LogP contribution in [0.25, 0.3) is 10.9 Å². The molecule has 0 radical (unpaired) electrons. The lowest BCUT2D eigenvalue weighted by molar-refractivity contribution is -0.140. The lowest BCUT2D eigenvalue weighted by Gasteiger charge is -2.31. The van der Waals surface area contributed by atoms with Crippen molar-refractivity contribution in [1.82, 2.24) is 14.8 Å². The molecule has 43 heavy (non-hydrogen) atoms. The highest BCUT2D eigenvalue weighted by Crippen LogP contribution is 2.33. The molecule has 1 aliphatic carbocycles. The molecule has 0 saturated heterocycles. The number of carbonyl (C=O) groups is 1. The molecule has 11 heteroatoms.